The summed E-state index contributed by atoms with van der Waals surface area (Å²) in [6, 6.07) is 41.9. The van der Waals surface area contributed by atoms with Crippen LogP contribution < -0.4 is 0 Å². The first-order valence-corrected chi connectivity index (χ1v) is 24.3. The first kappa shape index (κ1) is 32.3. The van der Waals surface area contributed by atoms with Crippen LogP contribution in [0.1, 0.15) is 127 Å². The number of aromatic hydroxyl groups is 1. The molecule has 8 aromatic carbocycles. The zero-order valence-corrected chi connectivity index (χ0v) is 42.2. The van der Waals surface area contributed by atoms with Crippen molar-refractivity contribution >= 4 is 11.0 Å². The molecule has 10 rings (SSSR count). The minimum Gasteiger partial charge on any atom is -0.507 e. The predicted octanol–water partition coefficient (Wildman–Crippen LogP) is 18.8. The lowest BCUT2D eigenvalue weighted by molar-refractivity contribution is 0.446. The summed E-state index contributed by atoms with van der Waals surface area (Å²) in [5.74, 6) is -0.653. The number of hydrogen-bond donors (Lipinski definition) is 1. The lowest BCUT2D eigenvalue weighted by Crippen LogP contribution is -2.17. The quantitative estimate of drug-likeness (QED) is 0.157. The van der Waals surface area contributed by atoms with Crippen molar-refractivity contribution in [2.45, 2.75) is 98.1 Å². The fraction of sp³-hybridized carbons (Fsp3) is 0.217. The number of imidazole rings is 1. The molecule has 0 saturated carbocycles. The number of pyridine rings is 1. The Morgan fingerprint density at radius 1 is 0.521 bits per heavy atom. The second-order valence-electron chi connectivity index (χ2n) is 20.9. The lowest BCUT2D eigenvalue weighted by atomic mass is 9.79. The van der Waals surface area contributed by atoms with Crippen molar-refractivity contribution in [2.24, 2.45) is 0 Å². The Balaban J connectivity index is 1.32. The minimum absolute atomic E-state index is 0.0341. The van der Waals surface area contributed by atoms with Gasteiger partial charge in [0.1, 0.15) is 11.6 Å². The van der Waals surface area contributed by atoms with E-state index in [1.165, 1.54) is 0 Å². The molecule has 0 amide bonds. The molecular weight excluding hydrogens is 887 g/mol. The van der Waals surface area contributed by atoms with Gasteiger partial charge < -0.3 is 5.11 Å². The van der Waals surface area contributed by atoms with E-state index in [1.807, 2.05) is 162 Å². The van der Waals surface area contributed by atoms with Gasteiger partial charge in [0.2, 0.25) is 0 Å². The van der Waals surface area contributed by atoms with E-state index >= 15 is 0 Å². The van der Waals surface area contributed by atoms with Crippen LogP contribution in [0.4, 0.5) is 0 Å². The van der Waals surface area contributed by atoms with Crippen molar-refractivity contribution in [2.75, 3.05) is 0 Å². The van der Waals surface area contributed by atoms with Gasteiger partial charge >= 0.3 is 0 Å². The van der Waals surface area contributed by atoms with Gasteiger partial charge in [0.15, 0.2) is 0 Å². The first-order chi connectivity index (χ1) is 41.8. The SMILES string of the molecule is [2H]c1nc(-c2cc(-c3ccccc3)cc(-c3cccc4c3nc(-c3cc(C(C)(C)C)cc(C(C)(C)C)c3O)n4-c3cc(-c4ccccc4)c(C([2H])(C)C)cc3-c3ccccc3)c2)c([2H])c(-c2c([2H])c([2H])c(C(C([2H])([2H])[2H])(C([2H])([2H])[2H])C([2H])([2H])[2H])c([2H])c2[2H])c1[2H]. The highest BCUT2D eigenvalue weighted by molar-refractivity contribution is 5.99. The Kier molecular flexibility index (Phi) is 8.40. The second-order valence-corrected chi connectivity index (χ2v) is 20.9. The standard InChI is InChI=1S/C69H67N3O/c1-44(2)56-42-58(48-26-19-14-20-27-48)63(43-57(56)47-24-17-13-18-25-47)72-62-29-21-28-55(64(62)71-66(72)59-40-54(68(6,7)8)41-60(65(59)73)69(9,10)11)51-36-50(45-22-15-12-16-23-45)37-52(38-51)61-39-49(34-35-70-61)46-30-32-53(33-31-46)67(3,4)5/h12-44,73H,1-11H3/i3D3,4D3,5D3,30D,31D,32D,33D,34D,35D,39D,44D. The van der Waals surface area contributed by atoms with E-state index in [0.29, 0.717) is 55.9 Å². The molecule has 0 radical (unpaired) electrons. The van der Waals surface area contributed by atoms with Crippen LogP contribution >= 0.6 is 0 Å². The van der Waals surface area contributed by atoms with E-state index in [2.05, 4.69) is 42.5 Å². The molecule has 0 saturated heterocycles. The van der Waals surface area contributed by atoms with E-state index in [-0.39, 0.29) is 17.0 Å². The predicted molar refractivity (Wildman–Crippen MR) is 309 cm³/mol. The van der Waals surface area contributed by atoms with Crippen LogP contribution in [-0.4, -0.2) is 19.6 Å². The molecule has 10 aromatic rings. The van der Waals surface area contributed by atoms with Crippen LogP contribution in [0.5, 0.6) is 5.75 Å². The van der Waals surface area contributed by atoms with Gasteiger partial charge in [-0.3, -0.25) is 9.55 Å². The summed E-state index contributed by atoms with van der Waals surface area (Å²) in [4.78, 5) is 10.1. The Morgan fingerprint density at radius 2 is 1.14 bits per heavy atom. The van der Waals surface area contributed by atoms with E-state index in [0.717, 1.165) is 33.4 Å². The van der Waals surface area contributed by atoms with Crippen LogP contribution in [0.3, 0.4) is 0 Å². The third-order valence-corrected chi connectivity index (χ3v) is 13.3. The van der Waals surface area contributed by atoms with Crippen LogP contribution in [0.15, 0.2) is 194 Å². The molecule has 73 heavy (non-hydrogen) atoms. The summed E-state index contributed by atoms with van der Waals surface area (Å²) in [6.07, 6.45) is -0.758. The van der Waals surface area contributed by atoms with Crippen LogP contribution in [0.25, 0.3) is 95.0 Å². The number of nitrogens with zero attached hydrogens (tertiary/aromatic N) is 3. The maximum atomic E-state index is 12.9. The summed E-state index contributed by atoms with van der Waals surface area (Å²) in [5.41, 5.74) is 2.61. The maximum Gasteiger partial charge on any atom is 0.149 e. The zero-order chi connectivity index (χ0) is 65.9. The molecule has 0 bridgehead atoms. The van der Waals surface area contributed by atoms with Gasteiger partial charge in [0.05, 0.1) is 37.6 Å². The largest absolute Gasteiger partial charge is 0.507 e. The number of hydrogen-bond acceptors (Lipinski definition) is 3. The Labute approximate surface area is 457 Å². The summed E-state index contributed by atoms with van der Waals surface area (Å²) in [7, 11) is 0. The third kappa shape index (κ3) is 9.67. The fourth-order valence-corrected chi connectivity index (χ4v) is 9.38. The molecule has 0 spiro atoms. The average Bonchev–Trinajstić information content (AvgIpc) is 0.789. The molecule has 4 nitrogen and oxygen atoms in total. The number of phenols is 1. The first-order valence-electron chi connectivity index (χ1n) is 32.8. The van der Waals surface area contributed by atoms with Gasteiger partial charge in [-0.1, -0.05) is 209 Å². The number of para-hydroxylation sites is 1. The highest BCUT2D eigenvalue weighted by atomic mass is 16.3. The molecule has 2 aromatic heterocycles. The highest BCUT2D eigenvalue weighted by Crippen LogP contribution is 2.47. The van der Waals surface area contributed by atoms with Crippen molar-refractivity contribution in [1.29, 1.82) is 0 Å². The van der Waals surface area contributed by atoms with E-state index in [4.69, 9.17) is 22.8 Å². The van der Waals surface area contributed by atoms with Gasteiger partial charge in [0.25, 0.3) is 0 Å². The molecular formula is C69H67N3O. The monoisotopic (exact) mass is 971 g/mol. The average molecular weight is 971 g/mol. The van der Waals surface area contributed by atoms with E-state index < -0.39 is 102 Å². The van der Waals surface area contributed by atoms with E-state index in [1.54, 1.807) is 12.1 Å². The van der Waals surface area contributed by atoms with Crippen molar-refractivity contribution in [1.82, 2.24) is 14.5 Å². The summed E-state index contributed by atoms with van der Waals surface area (Å²) in [6.45, 7) is 4.36. The van der Waals surface area contributed by atoms with Gasteiger partial charge in [-0.05, 0) is 138 Å². The number of phenolic OH excluding ortho intramolecular Hbond substituents is 1. The summed E-state index contributed by atoms with van der Waals surface area (Å²) < 4.78 is 152. The van der Waals surface area contributed by atoms with Crippen molar-refractivity contribution in [3.63, 3.8) is 0 Å². The van der Waals surface area contributed by atoms with Crippen molar-refractivity contribution in [3.8, 4) is 89.7 Å². The van der Waals surface area contributed by atoms with Gasteiger partial charge in [-0.25, -0.2) is 4.98 Å². The smallest absolute Gasteiger partial charge is 0.149 e. The van der Waals surface area contributed by atoms with Crippen molar-refractivity contribution in [3.05, 3.63) is 216 Å². The Bertz CT molecular complexity index is 4390. The lowest BCUT2D eigenvalue weighted by Gasteiger charge is -2.28. The molecule has 364 valence electrons. The van der Waals surface area contributed by atoms with Crippen LogP contribution in [0.2, 0.25) is 0 Å². The number of fused-ring (bicyclic) bond motifs is 1. The number of rotatable bonds is 9. The van der Waals surface area contributed by atoms with Gasteiger partial charge in [-0.15, -0.1) is 0 Å². The molecule has 0 aliphatic heterocycles. The van der Waals surface area contributed by atoms with Crippen LogP contribution in [-0.2, 0) is 16.2 Å². The minimum atomic E-state index is -3.95. The van der Waals surface area contributed by atoms with Gasteiger partial charge in [-0.2, -0.15) is 0 Å². The Hall–Kier alpha value is -7.82. The number of aromatic nitrogens is 3. The maximum absolute atomic E-state index is 12.9. The highest BCUT2D eigenvalue weighted by Gasteiger charge is 2.30. The molecule has 0 fully saturated rings. The fourth-order valence-electron chi connectivity index (χ4n) is 9.38. The zero-order valence-electron chi connectivity index (χ0n) is 59.2. The molecule has 4 heteroatoms. The Morgan fingerprint density at radius 3 is 1.75 bits per heavy atom. The topological polar surface area (TPSA) is 50.9 Å². The summed E-state index contributed by atoms with van der Waals surface area (Å²) in [5, 5.41) is 12.9. The van der Waals surface area contributed by atoms with Crippen LogP contribution in [0, 0.1) is 0 Å². The third-order valence-electron chi connectivity index (χ3n) is 13.3. The van der Waals surface area contributed by atoms with Crippen molar-refractivity contribution < 1.29 is 28.4 Å². The molecule has 1 N–H and O–H groups in total. The second kappa shape index (κ2) is 19.0. The molecule has 0 unspecified atom stereocenters. The van der Waals surface area contributed by atoms with Gasteiger partial charge in [0, 0.05) is 42.1 Å². The van der Waals surface area contributed by atoms with E-state index in [9.17, 15) is 10.6 Å². The normalized spacial score (nSPS) is 16.2. The molecule has 0 aliphatic rings. The molecule has 2 heterocycles. The molecule has 0 atom stereocenters. The molecule has 0 aliphatic carbocycles. The summed E-state index contributed by atoms with van der Waals surface area (Å²) >= 11 is 0. The number of benzene rings is 8.